The smallest absolute Gasteiger partial charge is 0.254 e. The highest BCUT2D eigenvalue weighted by Crippen LogP contribution is 2.22. The van der Waals surface area contributed by atoms with Crippen LogP contribution in [0.25, 0.3) is 22.4 Å². The Morgan fingerprint density at radius 1 is 1.19 bits per heavy atom. The Balaban J connectivity index is 1.56. The van der Waals surface area contributed by atoms with E-state index in [1.165, 1.54) is 23.2 Å². The molecule has 0 aliphatic carbocycles. The van der Waals surface area contributed by atoms with Gasteiger partial charge < -0.3 is 9.73 Å². The van der Waals surface area contributed by atoms with Gasteiger partial charge in [0, 0.05) is 17.1 Å². The summed E-state index contributed by atoms with van der Waals surface area (Å²) in [4.78, 5) is 33.4. The lowest BCUT2D eigenvalue weighted by atomic mass is 10.1. The number of hydrogen-bond donors (Lipinski definition) is 1. The molecule has 7 nitrogen and oxygen atoms in total. The summed E-state index contributed by atoms with van der Waals surface area (Å²) >= 11 is 0. The summed E-state index contributed by atoms with van der Waals surface area (Å²) in [6, 6.07) is 14.2. The number of nitrogens with one attached hydrogen (secondary N) is 1. The Kier molecular flexibility index (Phi) is 4.25. The fourth-order valence-electron chi connectivity index (χ4n) is 2.86. The van der Waals surface area contributed by atoms with E-state index in [0.717, 1.165) is 16.6 Å². The van der Waals surface area contributed by atoms with Crippen LogP contribution in [0.5, 0.6) is 0 Å². The van der Waals surface area contributed by atoms with Gasteiger partial charge in [-0.05, 0) is 31.2 Å². The lowest BCUT2D eigenvalue weighted by Gasteiger charge is -2.10. The third-order valence-corrected chi connectivity index (χ3v) is 4.09. The first-order chi connectivity index (χ1) is 13.1. The molecule has 1 aromatic carbocycles. The van der Waals surface area contributed by atoms with Crippen LogP contribution in [0, 0.1) is 6.92 Å². The van der Waals surface area contributed by atoms with Crippen molar-refractivity contribution in [2.45, 2.75) is 13.5 Å². The van der Waals surface area contributed by atoms with Crippen LogP contribution in [0.3, 0.4) is 0 Å². The summed E-state index contributed by atoms with van der Waals surface area (Å²) in [5.74, 6) is 0.183. The Labute approximate surface area is 154 Å². The predicted octanol–water partition coefficient (Wildman–Crippen LogP) is 3.00. The Bertz CT molecular complexity index is 1180. The van der Waals surface area contributed by atoms with Gasteiger partial charge in [0.2, 0.25) is 5.91 Å². The molecule has 0 bridgehead atoms. The van der Waals surface area contributed by atoms with Crippen molar-refractivity contribution in [1.82, 2.24) is 14.5 Å². The van der Waals surface area contributed by atoms with E-state index in [1.807, 2.05) is 31.2 Å². The maximum Gasteiger partial charge on any atom is 0.254 e. The number of pyridine rings is 1. The topological polar surface area (TPSA) is 90.0 Å². The third-order valence-electron chi connectivity index (χ3n) is 4.09. The number of carbonyl (C=O) groups excluding carboxylic acids is 1. The summed E-state index contributed by atoms with van der Waals surface area (Å²) in [7, 11) is 0. The van der Waals surface area contributed by atoms with Gasteiger partial charge in [-0.2, -0.15) is 0 Å². The number of carbonyl (C=O) groups is 1. The van der Waals surface area contributed by atoms with Crippen LogP contribution in [-0.4, -0.2) is 20.4 Å². The number of benzene rings is 1. The number of para-hydroxylation sites is 1. The molecular formula is C20H16N4O3. The molecule has 27 heavy (non-hydrogen) atoms. The Hall–Kier alpha value is -3.74. The second kappa shape index (κ2) is 6.87. The summed E-state index contributed by atoms with van der Waals surface area (Å²) in [6.07, 6.45) is 2.85. The summed E-state index contributed by atoms with van der Waals surface area (Å²) in [6.45, 7) is 1.73. The second-order valence-corrected chi connectivity index (χ2v) is 6.09. The largest absolute Gasteiger partial charge is 0.463 e. The minimum absolute atomic E-state index is 0.139. The van der Waals surface area contributed by atoms with Gasteiger partial charge in [-0.25, -0.2) is 4.98 Å². The van der Waals surface area contributed by atoms with Gasteiger partial charge in [-0.1, -0.05) is 18.2 Å². The molecule has 0 atom stereocenters. The van der Waals surface area contributed by atoms with Crippen molar-refractivity contribution in [3.63, 3.8) is 0 Å². The molecule has 0 fully saturated rings. The standard InChI is InChI=1S/C20H16N4O3/c1-13-9-16(14-5-2-3-6-15(14)22-13)23-19(25)11-24-12-21-17(10-20(24)26)18-7-4-8-27-18/h2-10,12H,11H2,1H3,(H,22,23,25). The molecule has 134 valence electrons. The first-order valence-electron chi connectivity index (χ1n) is 8.37. The first-order valence-corrected chi connectivity index (χ1v) is 8.37. The van der Waals surface area contributed by atoms with Gasteiger partial charge in [-0.15, -0.1) is 0 Å². The molecule has 0 aliphatic rings. The number of amides is 1. The van der Waals surface area contributed by atoms with Crippen LogP contribution in [-0.2, 0) is 11.3 Å². The molecule has 0 saturated heterocycles. The number of anilines is 1. The van der Waals surface area contributed by atoms with Crippen molar-refractivity contribution < 1.29 is 9.21 Å². The highest BCUT2D eigenvalue weighted by Gasteiger charge is 2.11. The zero-order valence-corrected chi connectivity index (χ0v) is 14.5. The highest BCUT2D eigenvalue weighted by molar-refractivity contribution is 6.00. The van der Waals surface area contributed by atoms with Crippen molar-refractivity contribution in [2.24, 2.45) is 0 Å². The first kappa shape index (κ1) is 16.7. The van der Waals surface area contributed by atoms with Crippen LogP contribution in [0.1, 0.15) is 5.69 Å². The molecule has 1 amide bonds. The SMILES string of the molecule is Cc1cc(NC(=O)Cn2cnc(-c3ccco3)cc2=O)c2ccccc2n1. The molecule has 3 heterocycles. The monoisotopic (exact) mass is 360 g/mol. The molecule has 0 aliphatic heterocycles. The summed E-state index contributed by atoms with van der Waals surface area (Å²) in [5, 5.41) is 3.70. The molecule has 1 N–H and O–H groups in total. The molecule has 7 heteroatoms. The normalized spacial score (nSPS) is 10.9. The Morgan fingerprint density at radius 3 is 2.81 bits per heavy atom. The lowest BCUT2D eigenvalue weighted by molar-refractivity contribution is -0.116. The molecule has 0 saturated carbocycles. The van der Waals surface area contributed by atoms with Gasteiger partial charge in [0.1, 0.15) is 12.2 Å². The van der Waals surface area contributed by atoms with Crippen LogP contribution >= 0.6 is 0 Å². The van der Waals surface area contributed by atoms with Gasteiger partial charge in [0.05, 0.1) is 23.8 Å². The molecule has 4 rings (SSSR count). The quantitative estimate of drug-likeness (QED) is 0.604. The van der Waals surface area contributed by atoms with Crippen LogP contribution < -0.4 is 10.9 Å². The fourth-order valence-corrected chi connectivity index (χ4v) is 2.86. The van der Waals surface area contributed by atoms with E-state index in [4.69, 9.17) is 4.42 Å². The van der Waals surface area contributed by atoms with E-state index >= 15 is 0 Å². The summed E-state index contributed by atoms with van der Waals surface area (Å²) in [5.41, 5.74) is 2.36. The predicted molar refractivity (Wildman–Crippen MR) is 101 cm³/mol. The van der Waals surface area contributed by atoms with E-state index in [-0.39, 0.29) is 18.0 Å². The second-order valence-electron chi connectivity index (χ2n) is 6.09. The third kappa shape index (κ3) is 3.48. The van der Waals surface area contributed by atoms with Crippen molar-refractivity contribution in [3.8, 4) is 11.5 Å². The number of aryl methyl sites for hydroxylation is 1. The summed E-state index contributed by atoms with van der Waals surface area (Å²) < 4.78 is 6.48. The van der Waals surface area contributed by atoms with Crippen LogP contribution in [0.15, 0.2) is 70.3 Å². The molecule has 0 unspecified atom stereocenters. The van der Waals surface area contributed by atoms with E-state index in [0.29, 0.717) is 17.1 Å². The molecule has 0 radical (unpaired) electrons. The number of furan rings is 1. The molecule has 0 spiro atoms. The zero-order chi connectivity index (χ0) is 18.8. The number of aromatic nitrogens is 3. The van der Waals surface area contributed by atoms with E-state index in [1.54, 1.807) is 18.2 Å². The van der Waals surface area contributed by atoms with E-state index in [2.05, 4.69) is 15.3 Å². The Morgan fingerprint density at radius 2 is 2.04 bits per heavy atom. The van der Waals surface area contributed by atoms with Gasteiger partial charge >= 0.3 is 0 Å². The number of fused-ring (bicyclic) bond motifs is 1. The molecule has 4 aromatic rings. The number of hydrogen-bond acceptors (Lipinski definition) is 5. The molecule has 3 aromatic heterocycles. The highest BCUT2D eigenvalue weighted by atomic mass is 16.3. The lowest BCUT2D eigenvalue weighted by Crippen LogP contribution is -2.27. The maximum atomic E-state index is 12.5. The van der Waals surface area contributed by atoms with Gasteiger partial charge in [0.25, 0.3) is 5.56 Å². The average molecular weight is 360 g/mol. The van der Waals surface area contributed by atoms with E-state index in [9.17, 15) is 9.59 Å². The minimum atomic E-state index is -0.331. The zero-order valence-electron chi connectivity index (χ0n) is 14.5. The van der Waals surface area contributed by atoms with Crippen molar-refractivity contribution in [2.75, 3.05) is 5.32 Å². The van der Waals surface area contributed by atoms with Crippen molar-refractivity contribution in [3.05, 3.63) is 77.2 Å². The minimum Gasteiger partial charge on any atom is -0.463 e. The van der Waals surface area contributed by atoms with Crippen molar-refractivity contribution >= 4 is 22.5 Å². The average Bonchev–Trinajstić information content (AvgIpc) is 3.18. The fraction of sp³-hybridized carbons (Fsp3) is 0.100. The van der Waals surface area contributed by atoms with Gasteiger partial charge in [-0.3, -0.25) is 19.1 Å². The van der Waals surface area contributed by atoms with E-state index < -0.39 is 0 Å². The maximum absolute atomic E-state index is 12.5. The van der Waals surface area contributed by atoms with Crippen LogP contribution in [0.4, 0.5) is 5.69 Å². The van der Waals surface area contributed by atoms with Crippen LogP contribution in [0.2, 0.25) is 0 Å². The number of nitrogens with zero attached hydrogens (tertiary/aromatic N) is 3. The van der Waals surface area contributed by atoms with Gasteiger partial charge in [0.15, 0.2) is 5.76 Å². The number of rotatable bonds is 4. The van der Waals surface area contributed by atoms with Crippen molar-refractivity contribution in [1.29, 1.82) is 0 Å². The molecular weight excluding hydrogens is 344 g/mol.